The Balaban J connectivity index is 0.00000676. The number of hydrogen-bond donors (Lipinski definition) is 2. The Kier molecular flexibility index (Phi) is 14.2. The molecule has 9 heteroatoms. The summed E-state index contributed by atoms with van der Waals surface area (Å²) in [6.07, 6.45) is 0.950. The molecule has 0 aliphatic carbocycles. The number of aryl methyl sites for hydroxylation is 1. The van der Waals surface area contributed by atoms with E-state index in [1.807, 2.05) is 20.0 Å². The van der Waals surface area contributed by atoms with Crippen molar-refractivity contribution in [1.29, 1.82) is 0 Å². The first-order valence-electron chi connectivity index (χ1n) is 8.62. The molecule has 6 nitrogen and oxygen atoms in total. The topological polar surface area (TPSA) is 58.1 Å². The number of hydrogen-bond acceptors (Lipinski definition) is 4. The van der Waals surface area contributed by atoms with Gasteiger partial charge in [-0.25, -0.2) is 0 Å². The number of nitrogens with zero attached hydrogens (tertiary/aromatic N) is 2. The number of benzene rings is 1. The minimum atomic E-state index is -2.84. The summed E-state index contributed by atoms with van der Waals surface area (Å²) < 4.78 is 34.7. The standard InChI is InChI=1S/C18H30F2N4O2.HI/c1-14-6-7-16(26-17(19)20)15(12-14)13-23-18(21-2)22-8-5-9-24(3)10-11-25-4;/h6-7,12,17H,5,8-11,13H2,1-4H3,(H2,21,22,23);1H. The molecule has 0 saturated heterocycles. The third kappa shape index (κ3) is 11.3. The summed E-state index contributed by atoms with van der Waals surface area (Å²) in [5.41, 5.74) is 1.64. The van der Waals surface area contributed by atoms with Crippen LogP contribution in [0.4, 0.5) is 8.78 Å². The molecule has 0 saturated carbocycles. The van der Waals surface area contributed by atoms with Gasteiger partial charge in [-0.3, -0.25) is 4.99 Å². The van der Waals surface area contributed by atoms with Gasteiger partial charge in [0.2, 0.25) is 0 Å². The van der Waals surface area contributed by atoms with Gasteiger partial charge in [-0.2, -0.15) is 8.78 Å². The van der Waals surface area contributed by atoms with Crippen LogP contribution >= 0.6 is 24.0 Å². The van der Waals surface area contributed by atoms with Gasteiger partial charge in [-0.15, -0.1) is 24.0 Å². The zero-order valence-electron chi connectivity index (χ0n) is 16.4. The lowest BCUT2D eigenvalue weighted by molar-refractivity contribution is -0.0504. The maximum atomic E-state index is 12.5. The highest BCUT2D eigenvalue weighted by molar-refractivity contribution is 14.0. The molecular weight excluding hydrogens is 469 g/mol. The number of aliphatic imine (C=N–C) groups is 1. The third-order valence-electron chi connectivity index (χ3n) is 3.79. The second-order valence-corrected chi connectivity index (χ2v) is 5.99. The predicted molar refractivity (Wildman–Crippen MR) is 115 cm³/mol. The molecule has 0 spiro atoms. The zero-order valence-corrected chi connectivity index (χ0v) is 18.8. The second kappa shape index (κ2) is 14.8. The number of rotatable bonds is 11. The van der Waals surface area contributed by atoms with Crippen LogP contribution in [0.1, 0.15) is 17.5 Å². The van der Waals surface area contributed by atoms with E-state index in [-0.39, 0.29) is 29.7 Å². The molecule has 1 aromatic rings. The molecule has 0 radical (unpaired) electrons. The minimum absolute atomic E-state index is 0. The average molecular weight is 500 g/mol. The van der Waals surface area contributed by atoms with Crippen molar-refractivity contribution in [1.82, 2.24) is 15.5 Å². The molecule has 156 valence electrons. The second-order valence-electron chi connectivity index (χ2n) is 5.99. The van der Waals surface area contributed by atoms with E-state index < -0.39 is 6.61 Å². The van der Waals surface area contributed by atoms with Crippen molar-refractivity contribution in [3.63, 3.8) is 0 Å². The molecule has 27 heavy (non-hydrogen) atoms. The number of ether oxygens (including phenoxy) is 2. The monoisotopic (exact) mass is 500 g/mol. The van der Waals surface area contributed by atoms with Crippen LogP contribution in [0.2, 0.25) is 0 Å². The van der Waals surface area contributed by atoms with Gasteiger partial charge in [0, 0.05) is 39.4 Å². The van der Waals surface area contributed by atoms with Crippen LogP contribution in [-0.2, 0) is 11.3 Å². The van der Waals surface area contributed by atoms with Gasteiger partial charge in [0.15, 0.2) is 5.96 Å². The average Bonchev–Trinajstić information content (AvgIpc) is 2.61. The summed E-state index contributed by atoms with van der Waals surface area (Å²) in [7, 11) is 5.41. The number of alkyl halides is 2. The summed E-state index contributed by atoms with van der Waals surface area (Å²) in [6.45, 7) is 2.71. The highest BCUT2D eigenvalue weighted by atomic mass is 127. The van der Waals surface area contributed by atoms with Gasteiger partial charge in [-0.1, -0.05) is 17.7 Å². The summed E-state index contributed by atoms with van der Waals surface area (Å²) in [6, 6.07) is 5.13. The SMILES string of the molecule is CN=C(NCCCN(C)CCOC)NCc1cc(C)ccc1OC(F)F.I. The summed E-state index contributed by atoms with van der Waals surface area (Å²) in [4.78, 5) is 6.35. The molecule has 0 atom stereocenters. The lowest BCUT2D eigenvalue weighted by Gasteiger charge is -2.17. The first-order valence-corrected chi connectivity index (χ1v) is 8.62. The summed E-state index contributed by atoms with van der Waals surface area (Å²) in [5, 5.41) is 6.35. The largest absolute Gasteiger partial charge is 0.434 e. The van der Waals surface area contributed by atoms with E-state index in [9.17, 15) is 8.78 Å². The smallest absolute Gasteiger partial charge is 0.387 e. The zero-order chi connectivity index (χ0) is 19.4. The van der Waals surface area contributed by atoms with Gasteiger partial charge >= 0.3 is 6.61 Å². The summed E-state index contributed by atoms with van der Waals surface area (Å²) in [5.74, 6) is 0.794. The van der Waals surface area contributed by atoms with E-state index in [0.29, 0.717) is 24.7 Å². The Morgan fingerprint density at radius 2 is 2.00 bits per heavy atom. The van der Waals surface area contributed by atoms with Crippen LogP contribution in [0.3, 0.4) is 0 Å². The molecule has 1 rings (SSSR count). The maximum Gasteiger partial charge on any atom is 0.387 e. The Bertz CT molecular complexity index is 562. The molecule has 0 fully saturated rings. The Morgan fingerprint density at radius 1 is 1.26 bits per heavy atom. The van der Waals surface area contributed by atoms with E-state index in [1.165, 1.54) is 0 Å². The maximum absolute atomic E-state index is 12.5. The number of nitrogens with one attached hydrogen (secondary N) is 2. The molecule has 0 amide bonds. The quantitative estimate of drug-likeness (QED) is 0.212. The first-order chi connectivity index (χ1) is 12.5. The normalized spacial score (nSPS) is 11.5. The molecule has 1 aromatic carbocycles. The Hall–Kier alpha value is -1.20. The van der Waals surface area contributed by atoms with Gasteiger partial charge < -0.3 is 25.0 Å². The molecule has 0 bridgehead atoms. The van der Waals surface area contributed by atoms with Crippen molar-refractivity contribution >= 4 is 29.9 Å². The molecule has 0 aliphatic rings. The van der Waals surface area contributed by atoms with Crippen molar-refractivity contribution in [2.24, 2.45) is 4.99 Å². The van der Waals surface area contributed by atoms with Crippen LogP contribution in [0.25, 0.3) is 0 Å². The highest BCUT2D eigenvalue weighted by Gasteiger charge is 2.10. The van der Waals surface area contributed by atoms with E-state index in [0.717, 1.165) is 31.6 Å². The fourth-order valence-electron chi connectivity index (χ4n) is 2.37. The molecule has 0 aromatic heterocycles. The van der Waals surface area contributed by atoms with E-state index >= 15 is 0 Å². The summed E-state index contributed by atoms with van der Waals surface area (Å²) >= 11 is 0. The number of methoxy groups -OCH3 is 1. The number of likely N-dealkylation sites (N-methyl/N-ethyl adjacent to an activating group) is 1. The van der Waals surface area contributed by atoms with Crippen molar-refractivity contribution < 1.29 is 18.3 Å². The highest BCUT2D eigenvalue weighted by Crippen LogP contribution is 2.21. The van der Waals surface area contributed by atoms with Gasteiger partial charge in [0.25, 0.3) is 0 Å². The van der Waals surface area contributed by atoms with Crippen molar-refractivity contribution in [3.05, 3.63) is 29.3 Å². The van der Waals surface area contributed by atoms with E-state index in [4.69, 9.17) is 4.74 Å². The van der Waals surface area contributed by atoms with E-state index in [2.05, 4.69) is 25.3 Å². The van der Waals surface area contributed by atoms with Crippen molar-refractivity contribution in [2.45, 2.75) is 26.5 Å². The number of halogens is 3. The predicted octanol–water partition coefficient (Wildman–Crippen LogP) is 2.85. The lowest BCUT2D eigenvalue weighted by Crippen LogP contribution is -2.38. The molecule has 0 aliphatic heterocycles. The lowest BCUT2D eigenvalue weighted by atomic mass is 10.1. The molecular formula is C18H31F2IN4O2. The Labute approximate surface area is 177 Å². The molecule has 2 N–H and O–H groups in total. The third-order valence-corrected chi connectivity index (χ3v) is 3.79. The van der Waals surface area contributed by atoms with Crippen LogP contribution in [0, 0.1) is 6.92 Å². The molecule has 0 heterocycles. The van der Waals surface area contributed by atoms with Gasteiger partial charge in [0.05, 0.1) is 6.61 Å². The van der Waals surface area contributed by atoms with Crippen LogP contribution < -0.4 is 15.4 Å². The first kappa shape index (κ1) is 25.8. The van der Waals surface area contributed by atoms with Crippen molar-refractivity contribution in [3.8, 4) is 5.75 Å². The van der Waals surface area contributed by atoms with Crippen molar-refractivity contribution in [2.75, 3.05) is 47.4 Å². The van der Waals surface area contributed by atoms with Crippen LogP contribution in [0.15, 0.2) is 23.2 Å². The fraction of sp³-hybridized carbons (Fsp3) is 0.611. The van der Waals surface area contributed by atoms with E-state index in [1.54, 1.807) is 26.3 Å². The minimum Gasteiger partial charge on any atom is -0.434 e. The molecule has 0 unspecified atom stereocenters. The van der Waals surface area contributed by atoms with Gasteiger partial charge in [-0.05, 0) is 33.0 Å². The van der Waals surface area contributed by atoms with Gasteiger partial charge in [0.1, 0.15) is 5.75 Å². The Morgan fingerprint density at radius 3 is 2.63 bits per heavy atom. The van der Waals surface area contributed by atoms with Crippen LogP contribution in [0.5, 0.6) is 5.75 Å². The fourth-order valence-corrected chi connectivity index (χ4v) is 2.37. The number of guanidine groups is 1. The van der Waals surface area contributed by atoms with Crippen LogP contribution in [-0.4, -0.2) is 64.9 Å².